The van der Waals surface area contributed by atoms with Crippen molar-refractivity contribution in [2.45, 2.75) is 440 Å². The Morgan fingerprint density at radius 2 is 0.475 bits per heavy atom. The molecule has 0 saturated carbocycles. The van der Waals surface area contributed by atoms with Crippen molar-refractivity contribution in [2.75, 3.05) is 39.6 Å². The fourth-order valence-corrected chi connectivity index (χ4v) is 14.2. The van der Waals surface area contributed by atoms with Crippen LogP contribution in [0, 0.1) is 23.7 Å². The SMILES string of the molecule is CCC(C)CCCCCCCCC(=O)OC[C@H](COP(=O)(O)OC[C@H](O)COP(=O)(O)OC[C@@H](COC(=O)CCCCCCCCCCCC(C)C)OC(=O)CCCCCCCCCCCCCCCCCC(C)C)OC(=O)CCCCCCCCCCCCCCCCCCCCC(C)C. The molecule has 101 heavy (non-hydrogen) atoms. The molecular weight excluding hydrogens is 1320 g/mol. The van der Waals surface area contributed by atoms with E-state index in [-0.39, 0.29) is 25.7 Å². The quantitative estimate of drug-likeness (QED) is 0.0222. The highest BCUT2D eigenvalue weighted by molar-refractivity contribution is 7.47. The smallest absolute Gasteiger partial charge is 0.462 e. The molecule has 17 nitrogen and oxygen atoms in total. The summed E-state index contributed by atoms with van der Waals surface area (Å²) in [4.78, 5) is 73.0. The molecule has 6 atom stereocenters. The third-order valence-corrected chi connectivity index (χ3v) is 21.3. The number of carbonyl (C=O) groups is 4. The first-order valence-corrected chi connectivity index (χ1v) is 45.2. The van der Waals surface area contributed by atoms with Crippen molar-refractivity contribution in [3.8, 4) is 0 Å². The molecule has 0 aromatic carbocycles. The standard InChI is InChI=1S/C82H160O17P2/c1-9-75(8)61-53-45-40-41-47-55-63-80(85)93-69-78(99-82(87)65-56-48-38-31-25-21-17-13-11-10-12-15-19-23-28-34-42-50-58-72(2)3)71-97-101(90,91)95-67-76(83)66-94-100(88,89)96-70-77(68-92-79(84)62-54-46-37-33-27-30-36-44-52-60-74(6)7)98-81(86)64-57-49-39-32-26-22-18-14-16-20-24-29-35-43-51-59-73(4)5/h72-78,83H,9-71H2,1-8H3,(H,88,89)(H,90,91)/t75?,76-,77-,78-/m1/s1. The Hall–Kier alpha value is -1.94. The lowest BCUT2D eigenvalue weighted by molar-refractivity contribution is -0.161. The van der Waals surface area contributed by atoms with Gasteiger partial charge in [0.2, 0.25) is 0 Å². The van der Waals surface area contributed by atoms with E-state index in [9.17, 15) is 43.2 Å². The van der Waals surface area contributed by atoms with Gasteiger partial charge in [0, 0.05) is 25.7 Å². The van der Waals surface area contributed by atoms with Crippen LogP contribution in [0.5, 0.6) is 0 Å². The van der Waals surface area contributed by atoms with Gasteiger partial charge < -0.3 is 33.8 Å². The fourth-order valence-electron chi connectivity index (χ4n) is 12.6. The van der Waals surface area contributed by atoms with Crippen LogP contribution in [0.2, 0.25) is 0 Å². The molecule has 0 aliphatic heterocycles. The Bertz CT molecular complexity index is 1970. The van der Waals surface area contributed by atoms with Crippen molar-refractivity contribution in [1.29, 1.82) is 0 Å². The molecule has 0 rings (SSSR count). The van der Waals surface area contributed by atoms with Crippen LogP contribution in [0.3, 0.4) is 0 Å². The first-order chi connectivity index (χ1) is 48.6. The molecule has 19 heteroatoms. The second-order valence-electron chi connectivity index (χ2n) is 31.2. The number of rotatable bonds is 79. The number of hydrogen-bond donors (Lipinski definition) is 3. The summed E-state index contributed by atoms with van der Waals surface area (Å²) < 4.78 is 68.7. The molecule has 0 aliphatic carbocycles. The Balaban J connectivity index is 5.20. The highest BCUT2D eigenvalue weighted by atomic mass is 31.2. The Kier molecular flexibility index (Phi) is 69.6. The molecule has 0 spiro atoms. The van der Waals surface area contributed by atoms with Crippen molar-refractivity contribution in [3.63, 3.8) is 0 Å². The maximum absolute atomic E-state index is 13.1. The van der Waals surface area contributed by atoms with Gasteiger partial charge in [-0.25, -0.2) is 9.13 Å². The lowest BCUT2D eigenvalue weighted by Crippen LogP contribution is -2.30. The Morgan fingerprint density at radius 1 is 0.277 bits per heavy atom. The monoisotopic (exact) mass is 1480 g/mol. The van der Waals surface area contributed by atoms with Crippen molar-refractivity contribution < 1.29 is 80.2 Å². The summed E-state index contributed by atoms with van der Waals surface area (Å²) >= 11 is 0. The minimum Gasteiger partial charge on any atom is -0.462 e. The molecule has 0 fully saturated rings. The summed E-state index contributed by atoms with van der Waals surface area (Å²) in [6.45, 7) is 14.3. The number of ether oxygens (including phenoxy) is 4. The van der Waals surface area contributed by atoms with E-state index in [4.69, 9.17) is 37.0 Å². The highest BCUT2D eigenvalue weighted by Crippen LogP contribution is 2.45. The zero-order chi connectivity index (χ0) is 74.6. The van der Waals surface area contributed by atoms with E-state index in [1.165, 1.54) is 218 Å². The number of phosphoric ester groups is 2. The van der Waals surface area contributed by atoms with E-state index in [2.05, 4.69) is 55.4 Å². The number of hydrogen-bond acceptors (Lipinski definition) is 15. The molecule has 0 saturated heterocycles. The van der Waals surface area contributed by atoms with Crippen LogP contribution >= 0.6 is 15.6 Å². The third kappa shape index (κ3) is 74.7. The van der Waals surface area contributed by atoms with Crippen LogP contribution in [-0.4, -0.2) is 96.7 Å². The summed E-state index contributed by atoms with van der Waals surface area (Å²) in [5, 5.41) is 10.6. The number of aliphatic hydroxyl groups excluding tert-OH is 1. The van der Waals surface area contributed by atoms with Crippen molar-refractivity contribution in [1.82, 2.24) is 0 Å². The minimum atomic E-state index is -4.96. The average molecular weight is 1480 g/mol. The predicted octanol–water partition coefficient (Wildman–Crippen LogP) is 24.4. The third-order valence-electron chi connectivity index (χ3n) is 19.4. The summed E-state index contributed by atoms with van der Waals surface area (Å²) in [6.07, 6.45) is 58.4. The van der Waals surface area contributed by atoms with Gasteiger partial charge in [-0.3, -0.25) is 37.3 Å². The molecule has 3 N–H and O–H groups in total. The molecule has 0 aromatic heterocycles. The van der Waals surface area contributed by atoms with Crippen molar-refractivity contribution in [2.24, 2.45) is 23.7 Å². The number of unbranched alkanes of at least 4 members (excludes halogenated alkanes) is 44. The number of aliphatic hydroxyl groups is 1. The van der Waals surface area contributed by atoms with Gasteiger partial charge in [-0.2, -0.15) is 0 Å². The minimum absolute atomic E-state index is 0.107. The van der Waals surface area contributed by atoms with Crippen LogP contribution < -0.4 is 0 Å². The largest absolute Gasteiger partial charge is 0.472 e. The van der Waals surface area contributed by atoms with Gasteiger partial charge in [-0.1, -0.05) is 370 Å². The zero-order valence-corrected chi connectivity index (χ0v) is 68.3. The first kappa shape index (κ1) is 99.1. The molecule has 0 aromatic rings. The number of esters is 4. The van der Waals surface area contributed by atoms with Crippen molar-refractivity contribution in [3.05, 3.63) is 0 Å². The van der Waals surface area contributed by atoms with Crippen molar-refractivity contribution >= 4 is 39.5 Å². The molecular formula is C82H160O17P2. The van der Waals surface area contributed by atoms with E-state index >= 15 is 0 Å². The normalized spacial score (nSPS) is 14.3. The maximum atomic E-state index is 13.1. The molecule has 0 aliphatic rings. The summed E-state index contributed by atoms with van der Waals surface area (Å²) in [6, 6.07) is 0. The highest BCUT2D eigenvalue weighted by Gasteiger charge is 2.30. The van der Waals surface area contributed by atoms with Crippen LogP contribution in [-0.2, 0) is 65.4 Å². The maximum Gasteiger partial charge on any atom is 0.472 e. The van der Waals surface area contributed by atoms with E-state index in [0.717, 1.165) is 120 Å². The zero-order valence-electron chi connectivity index (χ0n) is 66.5. The predicted molar refractivity (Wildman–Crippen MR) is 414 cm³/mol. The second kappa shape index (κ2) is 71.0. The molecule has 3 unspecified atom stereocenters. The van der Waals surface area contributed by atoms with Crippen LogP contribution in [0.4, 0.5) is 0 Å². The van der Waals surface area contributed by atoms with Gasteiger partial charge in [-0.05, 0) is 49.4 Å². The van der Waals surface area contributed by atoms with E-state index in [0.29, 0.717) is 25.7 Å². The van der Waals surface area contributed by atoms with Gasteiger partial charge in [0.05, 0.1) is 26.4 Å². The first-order valence-electron chi connectivity index (χ1n) is 42.2. The molecule has 0 amide bonds. The summed E-state index contributed by atoms with van der Waals surface area (Å²) in [5.41, 5.74) is 0. The van der Waals surface area contributed by atoms with Crippen LogP contribution in [0.1, 0.15) is 421 Å². The molecule has 600 valence electrons. The topological polar surface area (TPSA) is 237 Å². The van der Waals surface area contributed by atoms with Crippen LogP contribution in [0.15, 0.2) is 0 Å². The number of carbonyl (C=O) groups excluding carboxylic acids is 4. The van der Waals surface area contributed by atoms with E-state index < -0.39 is 97.5 Å². The second-order valence-corrected chi connectivity index (χ2v) is 34.1. The average Bonchev–Trinajstić information content (AvgIpc) is 0.933. The van der Waals surface area contributed by atoms with Gasteiger partial charge in [0.15, 0.2) is 12.2 Å². The van der Waals surface area contributed by atoms with Crippen LogP contribution in [0.25, 0.3) is 0 Å². The Labute approximate surface area is 619 Å². The number of phosphoric acid groups is 2. The molecule has 0 radical (unpaired) electrons. The molecule has 0 heterocycles. The van der Waals surface area contributed by atoms with Gasteiger partial charge in [0.1, 0.15) is 19.3 Å². The lowest BCUT2D eigenvalue weighted by atomic mass is 10.00. The summed E-state index contributed by atoms with van der Waals surface area (Å²) in [5.74, 6) is 0.983. The van der Waals surface area contributed by atoms with Gasteiger partial charge in [-0.15, -0.1) is 0 Å². The van der Waals surface area contributed by atoms with Gasteiger partial charge >= 0.3 is 39.5 Å². The fraction of sp³-hybridized carbons (Fsp3) is 0.951. The summed E-state index contributed by atoms with van der Waals surface area (Å²) in [7, 11) is -9.92. The Morgan fingerprint density at radius 3 is 0.703 bits per heavy atom. The van der Waals surface area contributed by atoms with E-state index in [1.54, 1.807) is 0 Å². The van der Waals surface area contributed by atoms with Gasteiger partial charge in [0.25, 0.3) is 0 Å². The lowest BCUT2D eigenvalue weighted by Gasteiger charge is -2.21. The van der Waals surface area contributed by atoms with E-state index in [1.807, 2.05) is 0 Å². The molecule has 0 bridgehead atoms.